The molecular formula is C20H18O. The standard InChI is InChI=1S/C20H18O/c1-12-3-5-14-7-8-16(17(14)9-12)19-11-15-6-4-13(2)10-18(15)20(19)21/h3-6,9-10H,7-8,11H2,1-2H3/b19-16-. The van der Waals surface area contributed by atoms with Crippen molar-refractivity contribution in [2.24, 2.45) is 0 Å². The van der Waals surface area contributed by atoms with Crippen LogP contribution in [0.3, 0.4) is 0 Å². The number of carbonyl (C=O) groups is 1. The van der Waals surface area contributed by atoms with Crippen LogP contribution in [0.2, 0.25) is 0 Å². The lowest BCUT2D eigenvalue weighted by molar-refractivity contribution is 0.104. The van der Waals surface area contributed by atoms with Crippen LogP contribution in [0.4, 0.5) is 0 Å². The van der Waals surface area contributed by atoms with Gasteiger partial charge in [-0.05, 0) is 55.0 Å². The van der Waals surface area contributed by atoms with Crippen LogP contribution < -0.4 is 0 Å². The number of Topliss-reactive ketones (excluding diaryl/α,β-unsaturated/α-hetero) is 1. The fourth-order valence-corrected chi connectivity index (χ4v) is 3.63. The zero-order valence-corrected chi connectivity index (χ0v) is 12.5. The summed E-state index contributed by atoms with van der Waals surface area (Å²) in [6.45, 7) is 4.17. The van der Waals surface area contributed by atoms with Crippen molar-refractivity contribution in [2.45, 2.75) is 33.1 Å². The van der Waals surface area contributed by atoms with Gasteiger partial charge < -0.3 is 0 Å². The molecule has 2 aliphatic rings. The lowest BCUT2D eigenvalue weighted by Crippen LogP contribution is -1.99. The second-order valence-electron chi connectivity index (χ2n) is 6.28. The second kappa shape index (κ2) is 4.42. The van der Waals surface area contributed by atoms with Gasteiger partial charge >= 0.3 is 0 Å². The van der Waals surface area contributed by atoms with E-state index in [-0.39, 0.29) is 5.78 Å². The number of hydrogen-bond donors (Lipinski definition) is 0. The van der Waals surface area contributed by atoms with E-state index < -0.39 is 0 Å². The number of rotatable bonds is 0. The fourth-order valence-electron chi connectivity index (χ4n) is 3.63. The first kappa shape index (κ1) is 12.6. The van der Waals surface area contributed by atoms with E-state index in [4.69, 9.17) is 0 Å². The predicted molar refractivity (Wildman–Crippen MR) is 85.6 cm³/mol. The normalized spacial score (nSPS) is 19.8. The van der Waals surface area contributed by atoms with E-state index in [9.17, 15) is 4.79 Å². The van der Waals surface area contributed by atoms with Gasteiger partial charge in [0, 0.05) is 17.6 Å². The largest absolute Gasteiger partial charge is 0.289 e. The summed E-state index contributed by atoms with van der Waals surface area (Å²) < 4.78 is 0. The zero-order valence-electron chi connectivity index (χ0n) is 12.5. The van der Waals surface area contributed by atoms with Crippen molar-refractivity contribution in [1.82, 2.24) is 0 Å². The predicted octanol–water partition coefficient (Wildman–Crippen LogP) is 4.44. The maximum absolute atomic E-state index is 12.8. The molecule has 0 aromatic heterocycles. The first-order chi connectivity index (χ1) is 10.1. The van der Waals surface area contributed by atoms with Gasteiger partial charge in [-0.2, -0.15) is 0 Å². The first-order valence-corrected chi connectivity index (χ1v) is 7.59. The van der Waals surface area contributed by atoms with E-state index in [2.05, 4.69) is 37.3 Å². The molecule has 0 saturated heterocycles. The molecule has 2 aromatic carbocycles. The third-order valence-corrected chi connectivity index (χ3v) is 4.75. The lowest BCUT2D eigenvalue weighted by atomic mass is 9.97. The first-order valence-electron chi connectivity index (χ1n) is 7.59. The Bertz CT molecular complexity index is 809. The van der Waals surface area contributed by atoms with E-state index in [1.54, 1.807) is 0 Å². The Balaban J connectivity index is 1.87. The highest BCUT2D eigenvalue weighted by molar-refractivity contribution is 6.17. The summed E-state index contributed by atoms with van der Waals surface area (Å²) in [5.74, 6) is 0.248. The van der Waals surface area contributed by atoms with Gasteiger partial charge in [-0.3, -0.25) is 4.79 Å². The molecule has 0 atom stereocenters. The Morgan fingerprint density at radius 1 is 0.762 bits per heavy atom. The fraction of sp³-hybridized carbons (Fsp3) is 0.250. The quantitative estimate of drug-likeness (QED) is 0.649. The van der Waals surface area contributed by atoms with E-state index in [0.29, 0.717) is 0 Å². The molecule has 2 aromatic rings. The molecule has 21 heavy (non-hydrogen) atoms. The summed E-state index contributed by atoms with van der Waals surface area (Å²) in [6.07, 6.45) is 2.88. The van der Waals surface area contributed by atoms with Crippen molar-refractivity contribution in [3.63, 3.8) is 0 Å². The molecule has 0 heterocycles. The van der Waals surface area contributed by atoms with Gasteiger partial charge in [0.15, 0.2) is 5.78 Å². The maximum Gasteiger partial charge on any atom is 0.189 e. The molecule has 0 amide bonds. The minimum atomic E-state index is 0.248. The molecule has 0 saturated carbocycles. The highest BCUT2D eigenvalue weighted by Crippen LogP contribution is 2.40. The molecule has 1 nitrogen and oxygen atoms in total. The van der Waals surface area contributed by atoms with Gasteiger partial charge in [0.2, 0.25) is 0 Å². The number of carbonyl (C=O) groups excluding carboxylic acids is 1. The molecule has 0 aliphatic heterocycles. The number of aryl methyl sites for hydroxylation is 3. The third-order valence-electron chi connectivity index (χ3n) is 4.75. The van der Waals surface area contributed by atoms with Crippen molar-refractivity contribution in [2.75, 3.05) is 0 Å². The van der Waals surface area contributed by atoms with Crippen LogP contribution in [0.15, 0.2) is 42.0 Å². The number of fused-ring (bicyclic) bond motifs is 2. The van der Waals surface area contributed by atoms with Gasteiger partial charge in [0.25, 0.3) is 0 Å². The summed E-state index contributed by atoms with van der Waals surface area (Å²) in [4.78, 5) is 12.8. The van der Waals surface area contributed by atoms with Crippen LogP contribution in [0.5, 0.6) is 0 Å². The minimum Gasteiger partial charge on any atom is -0.289 e. The van der Waals surface area contributed by atoms with Crippen molar-refractivity contribution in [1.29, 1.82) is 0 Å². The SMILES string of the molecule is Cc1ccc2c(c1)C(=O)/C(=C1/CCc3ccc(C)cc31)C2. The second-order valence-corrected chi connectivity index (χ2v) is 6.28. The summed E-state index contributed by atoms with van der Waals surface area (Å²) in [7, 11) is 0. The van der Waals surface area contributed by atoms with Crippen LogP contribution in [-0.4, -0.2) is 5.78 Å². The van der Waals surface area contributed by atoms with Crippen molar-refractivity contribution in [3.05, 3.63) is 75.4 Å². The molecule has 0 N–H and O–H groups in total. The molecular weight excluding hydrogens is 256 g/mol. The van der Waals surface area contributed by atoms with E-state index in [1.807, 2.05) is 13.0 Å². The Hall–Kier alpha value is -2.15. The monoisotopic (exact) mass is 274 g/mol. The summed E-state index contributed by atoms with van der Waals surface area (Å²) >= 11 is 0. The third kappa shape index (κ3) is 1.88. The Morgan fingerprint density at radius 3 is 2.19 bits per heavy atom. The number of benzene rings is 2. The molecule has 104 valence electrons. The minimum absolute atomic E-state index is 0.248. The maximum atomic E-state index is 12.8. The molecule has 0 spiro atoms. The summed E-state index contributed by atoms with van der Waals surface area (Å²) in [5.41, 5.74) is 9.55. The van der Waals surface area contributed by atoms with Crippen LogP contribution in [0.25, 0.3) is 5.57 Å². The van der Waals surface area contributed by atoms with Gasteiger partial charge in [0.1, 0.15) is 0 Å². The van der Waals surface area contributed by atoms with Gasteiger partial charge in [-0.15, -0.1) is 0 Å². The molecule has 0 unspecified atom stereocenters. The molecule has 4 rings (SSSR count). The average Bonchev–Trinajstić information content (AvgIpc) is 3.00. The van der Waals surface area contributed by atoms with E-state index in [1.165, 1.54) is 27.8 Å². The van der Waals surface area contributed by atoms with Crippen molar-refractivity contribution >= 4 is 11.4 Å². The van der Waals surface area contributed by atoms with E-state index >= 15 is 0 Å². The lowest BCUT2D eigenvalue weighted by Gasteiger charge is -2.06. The van der Waals surface area contributed by atoms with Crippen LogP contribution in [0, 0.1) is 13.8 Å². The van der Waals surface area contributed by atoms with Crippen LogP contribution in [0.1, 0.15) is 44.6 Å². The Labute approximate surface area is 125 Å². The number of hydrogen-bond acceptors (Lipinski definition) is 1. The molecule has 0 fully saturated rings. The molecule has 1 heteroatoms. The summed E-state index contributed by atoms with van der Waals surface area (Å²) in [6, 6.07) is 12.9. The van der Waals surface area contributed by atoms with Crippen LogP contribution >= 0.6 is 0 Å². The van der Waals surface area contributed by atoms with Crippen LogP contribution in [-0.2, 0) is 12.8 Å². The number of ketones is 1. The summed E-state index contributed by atoms with van der Waals surface area (Å²) in [5, 5.41) is 0. The Morgan fingerprint density at radius 2 is 1.43 bits per heavy atom. The number of allylic oxidation sites excluding steroid dienone is 2. The zero-order chi connectivity index (χ0) is 14.6. The molecule has 2 aliphatic carbocycles. The Kier molecular flexibility index (Phi) is 2.65. The smallest absolute Gasteiger partial charge is 0.189 e. The van der Waals surface area contributed by atoms with Gasteiger partial charge in [0.05, 0.1) is 0 Å². The van der Waals surface area contributed by atoms with Gasteiger partial charge in [-0.1, -0.05) is 41.5 Å². The molecule has 0 radical (unpaired) electrons. The van der Waals surface area contributed by atoms with Crippen molar-refractivity contribution in [3.8, 4) is 0 Å². The highest BCUT2D eigenvalue weighted by Gasteiger charge is 2.30. The van der Waals surface area contributed by atoms with Crippen molar-refractivity contribution < 1.29 is 4.79 Å². The molecule has 0 bridgehead atoms. The topological polar surface area (TPSA) is 17.1 Å². The van der Waals surface area contributed by atoms with Gasteiger partial charge in [-0.25, -0.2) is 0 Å². The highest BCUT2D eigenvalue weighted by atomic mass is 16.1. The van der Waals surface area contributed by atoms with E-state index in [0.717, 1.165) is 36.0 Å². The average molecular weight is 274 g/mol.